The van der Waals surface area contributed by atoms with Crippen molar-refractivity contribution in [2.24, 2.45) is 0 Å². The quantitative estimate of drug-likeness (QED) is 0.784. The highest BCUT2D eigenvalue weighted by atomic mass is 79.9. The Morgan fingerprint density at radius 3 is 2.48 bits per heavy atom. The summed E-state index contributed by atoms with van der Waals surface area (Å²) in [6.07, 6.45) is 0. The second kappa shape index (κ2) is 6.90. The fourth-order valence-electron chi connectivity index (χ4n) is 2.33. The van der Waals surface area contributed by atoms with Gasteiger partial charge in [-0.2, -0.15) is 0 Å². The number of carbonyl (C=O) groups excluding carboxylic acids is 1. The molecule has 0 aliphatic rings. The molecule has 0 heterocycles. The molecule has 0 radical (unpaired) electrons. The Morgan fingerprint density at radius 2 is 1.81 bits per heavy atom. The Hall–Kier alpha value is -1.61. The van der Waals surface area contributed by atoms with Crippen LogP contribution in [-0.4, -0.2) is 17.4 Å². The summed E-state index contributed by atoms with van der Waals surface area (Å²) in [5.74, 6) is 0.0829. The van der Waals surface area contributed by atoms with Crippen molar-refractivity contribution in [2.75, 3.05) is 6.54 Å². The second-order valence-electron chi connectivity index (χ2n) is 5.16. The van der Waals surface area contributed by atoms with E-state index in [2.05, 4.69) is 35.0 Å². The van der Waals surface area contributed by atoms with Crippen LogP contribution in [0.3, 0.4) is 0 Å². The lowest BCUT2D eigenvalue weighted by atomic mass is 10.1. The van der Waals surface area contributed by atoms with Crippen molar-refractivity contribution < 1.29 is 4.79 Å². The van der Waals surface area contributed by atoms with Crippen LogP contribution in [0.15, 0.2) is 46.9 Å². The number of hydrogen-bond acceptors (Lipinski definition) is 1. The predicted octanol–water partition coefficient (Wildman–Crippen LogP) is 4.73. The van der Waals surface area contributed by atoms with Gasteiger partial charge in [0.1, 0.15) is 0 Å². The van der Waals surface area contributed by atoms with Crippen LogP contribution in [0, 0.1) is 13.8 Å². The van der Waals surface area contributed by atoms with E-state index in [1.165, 1.54) is 11.1 Å². The number of hydrogen-bond donors (Lipinski definition) is 0. The van der Waals surface area contributed by atoms with Gasteiger partial charge in [0.2, 0.25) is 0 Å². The summed E-state index contributed by atoms with van der Waals surface area (Å²) in [4.78, 5) is 14.7. The normalized spacial score (nSPS) is 10.5. The first kappa shape index (κ1) is 15.8. The fourth-order valence-corrected chi connectivity index (χ4v) is 2.70. The molecule has 0 aliphatic carbocycles. The molecule has 2 aromatic carbocycles. The topological polar surface area (TPSA) is 20.3 Å². The molecule has 0 bridgehead atoms. The number of nitrogens with zero attached hydrogens (tertiary/aromatic N) is 1. The van der Waals surface area contributed by atoms with Crippen molar-refractivity contribution in [3.63, 3.8) is 0 Å². The van der Waals surface area contributed by atoms with E-state index in [1.807, 2.05) is 49.1 Å². The van der Waals surface area contributed by atoms with Crippen molar-refractivity contribution in [3.05, 3.63) is 69.2 Å². The Bertz CT molecular complexity index is 651. The summed E-state index contributed by atoms with van der Waals surface area (Å²) < 4.78 is 0.972. The first-order chi connectivity index (χ1) is 10.0. The molecule has 2 aromatic rings. The molecule has 0 aliphatic heterocycles. The minimum atomic E-state index is 0.0829. The fraction of sp³-hybridized carbons (Fsp3) is 0.278. The average Bonchev–Trinajstić information content (AvgIpc) is 2.48. The van der Waals surface area contributed by atoms with Gasteiger partial charge < -0.3 is 4.90 Å². The summed E-state index contributed by atoms with van der Waals surface area (Å²) in [5, 5.41) is 0. The molecule has 0 atom stereocenters. The van der Waals surface area contributed by atoms with Gasteiger partial charge in [0, 0.05) is 23.1 Å². The van der Waals surface area contributed by atoms with Crippen molar-refractivity contribution in [3.8, 4) is 0 Å². The molecular weight excluding hydrogens is 326 g/mol. The lowest BCUT2D eigenvalue weighted by molar-refractivity contribution is 0.0751. The van der Waals surface area contributed by atoms with E-state index in [9.17, 15) is 4.79 Å². The third kappa shape index (κ3) is 3.53. The van der Waals surface area contributed by atoms with E-state index in [-0.39, 0.29) is 5.91 Å². The predicted molar refractivity (Wildman–Crippen MR) is 90.5 cm³/mol. The Kier molecular flexibility index (Phi) is 5.18. The first-order valence-electron chi connectivity index (χ1n) is 7.13. The molecule has 21 heavy (non-hydrogen) atoms. The molecule has 0 unspecified atom stereocenters. The van der Waals surface area contributed by atoms with Crippen LogP contribution in [0.5, 0.6) is 0 Å². The van der Waals surface area contributed by atoms with Gasteiger partial charge in [-0.25, -0.2) is 0 Å². The van der Waals surface area contributed by atoms with Gasteiger partial charge in [0.15, 0.2) is 0 Å². The summed E-state index contributed by atoms with van der Waals surface area (Å²) in [7, 11) is 0. The van der Waals surface area contributed by atoms with Crippen molar-refractivity contribution in [1.29, 1.82) is 0 Å². The molecule has 3 heteroatoms. The number of halogens is 1. The smallest absolute Gasteiger partial charge is 0.254 e. The molecule has 0 aromatic heterocycles. The third-order valence-corrected chi connectivity index (χ3v) is 4.65. The average molecular weight is 346 g/mol. The van der Waals surface area contributed by atoms with Gasteiger partial charge in [-0.15, -0.1) is 0 Å². The zero-order valence-corrected chi connectivity index (χ0v) is 14.3. The van der Waals surface area contributed by atoms with Gasteiger partial charge in [-0.3, -0.25) is 4.79 Å². The van der Waals surface area contributed by atoms with Gasteiger partial charge in [-0.05, 0) is 49.6 Å². The largest absolute Gasteiger partial charge is 0.335 e. The molecule has 1 amide bonds. The summed E-state index contributed by atoms with van der Waals surface area (Å²) >= 11 is 3.49. The number of amides is 1. The summed E-state index contributed by atoms with van der Waals surface area (Å²) in [6, 6.07) is 14.0. The van der Waals surface area contributed by atoms with E-state index >= 15 is 0 Å². The second-order valence-corrected chi connectivity index (χ2v) is 6.01. The van der Waals surface area contributed by atoms with Gasteiger partial charge in [0.05, 0.1) is 0 Å². The van der Waals surface area contributed by atoms with Crippen LogP contribution in [0.25, 0.3) is 0 Å². The van der Waals surface area contributed by atoms with Gasteiger partial charge in [-0.1, -0.05) is 46.3 Å². The minimum absolute atomic E-state index is 0.0829. The van der Waals surface area contributed by atoms with Gasteiger partial charge in [0.25, 0.3) is 5.91 Å². The van der Waals surface area contributed by atoms with E-state index < -0.39 is 0 Å². The van der Waals surface area contributed by atoms with Crippen LogP contribution in [0.1, 0.15) is 34.0 Å². The molecule has 110 valence electrons. The SMILES string of the molecule is CCN(Cc1ccccc1C)C(=O)c1cccc(Br)c1C. The Labute approximate surface area is 134 Å². The summed E-state index contributed by atoms with van der Waals surface area (Å²) in [5.41, 5.74) is 4.17. The van der Waals surface area contributed by atoms with Gasteiger partial charge >= 0.3 is 0 Å². The number of benzene rings is 2. The summed E-state index contributed by atoms with van der Waals surface area (Å²) in [6.45, 7) is 7.41. The maximum Gasteiger partial charge on any atom is 0.254 e. The zero-order chi connectivity index (χ0) is 15.4. The monoisotopic (exact) mass is 345 g/mol. The van der Waals surface area contributed by atoms with E-state index in [0.717, 1.165) is 15.6 Å². The van der Waals surface area contributed by atoms with E-state index in [4.69, 9.17) is 0 Å². The maximum atomic E-state index is 12.8. The van der Waals surface area contributed by atoms with Crippen LogP contribution in [0.4, 0.5) is 0 Å². The number of carbonyl (C=O) groups is 1. The Morgan fingerprint density at radius 1 is 1.10 bits per heavy atom. The highest BCUT2D eigenvalue weighted by Crippen LogP contribution is 2.21. The molecular formula is C18H20BrNO. The van der Waals surface area contributed by atoms with Crippen LogP contribution >= 0.6 is 15.9 Å². The van der Waals surface area contributed by atoms with Crippen LogP contribution < -0.4 is 0 Å². The van der Waals surface area contributed by atoms with Crippen LogP contribution in [-0.2, 0) is 6.54 Å². The minimum Gasteiger partial charge on any atom is -0.335 e. The van der Waals surface area contributed by atoms with Crippen molar-refractivity contribution >= 4 is 21.8 Å². The number of aryl methyl sites for hydroxylation is 1. The first-order valence-corrected chi connectivity index (χ1v) is 7.92. The molecule has 0 saturated carbocycles. The molecule has 0 saturated heterocycles. The molecule has 0 spiro atoms. The maximum absolute atomic E-state index is 12.8. The van der Waals surface area contributed by atoms with E-state index in [1.54, 1.807) is 0 Å². The highest BCUT2D eigenvalue weighted by molar-refractivity contribution is 9.10. The molecule has 0 N–H and O–H groups in total. The van der Waals surface area contributed by atoms with Crippen molar-refractivity contribution in [1.82, 2.24) is 4.90 Å². The highest BCUT2D eigenvalue weighted by Gasteiger charge is 2.17. The Balaban J connectivity index is 2.27. The molecule has 0 fully saturated rings. The third-order valence-electron chi connectivity index (χ3n) is 3.79. The molecule has 2 rings (SSSR count). The zero-order valence-electron chi connectivity index (χ0n) is 12.7. The lowest BCUT2D eigenvalue weighted by Crippen LogP contribution is -2.31. The number of rotatable bonds is 4. The van der Waals surface area contributed by atoms with E-state index in [0.29, 0.717) is 13.1 Å². The van der Waals surface area contributed by atoms with Crippen LogP contribution in [0.2, 0.25) is 0 Å². The lowest BCUT2D eigenvalue weighted by Gasteiger charge is -2.23. The standard InChI is InChI=1S/C18H20BrNO/c1-4-20(12-15-9-6-5-8-13(15)2)18(21)16-10-7-11-17(19)14(16)3/h5-11H,4,12H2,1-3H3. The van der Waals surface area contributed by atoms with Crippen molar-refractivity contribution in [2.45, 2.75) is 27.3 Å². The molecule has 2 nitrogen and oxygen atoms in total.